The lowest BCUT2D eigenvalue weighted by atomic mass is 9.72. The summed E-state index contributed by atoms with van der Waals surface area (Å²) in [6, 6.07) is 15.6. The topological polar surface area (TPSA) is 50.7 Å². The molecule has 0 aliphatic carbocycles. The maximum Gasteiger partial charge on any atom is 0.277 e. The Hall–Kier alpha value is -2.14. The number of hydrogen-bond acceptors (Lipinski definition) is 3. The van der Waals surface area contributed by atoms with Gasteiger partial charge in [-0.05, 0) is 52.6 Å². The summed E-state index contributed by atoms with van der Waals surface area (Å²) in [5.41, 5.74) is 4.96. The molecule has 0 saturated heterocycles. The Bertz CT molecular complexity index is 821. The van der Waals surface area contributed by atoms with Crippen LogP contribution in [-0.2, 0) is 10.2 Å². The van der Waals surface area contributed by atoms with Gasteiger partial charge in [-0.1, -0.05) is 74.8 Å². The van der Waals surface area contributed by atoms with E-state index in [2.05, 4.69) is 73.2 Å². The Morgan fingerprint density at radius 2 is 1.79 bits per heavy atom. The highest BCUT2D eigenvalue weighted by atomic mass is 79.9. The Labute approximate surface area is 176 Å². The van der Waals surface area contributed by atoms with Crippen LogP contribution >= 0.6 is 15.9 Å². The molecule has 2 aromatic rings. The van der Waals surface area contributed by atoms with Crippen LogP contribution in [0.15, 0.2) is 58.1 Å². The van der Waals surface area contributed by atoms with Gasteiger partial charge in [-0.3, -0.25) is 4.79 Å². The van der Waals surface area contributed by atoms with E-state index in [9.17, 15) is 4.79 Å². The number of halogens is 1. The minimum absolute atomic E-state index is 0.0787. The lowest BCUT2D eigenvalue weighted by Gasteiger charge is -2.33. The lowest BCUT2D eigenvalue weighted by molar-refractivity contribution is -0.123. The van der Waals surface area contributed by atoms with Crippen molar-refractivity contribution in [2.45, 2.75) is 46.5 Å². The van der Waals surface area contributed by atoms with Crippen molar-refractivity contribution in [3.8, 4) is 5.75 Å². The molecular weight excluding hydrogens is 416 g/mol. The highest BCUT2D eigenvalue weighted by molar-refractivity contribution is 9.10. The Morgan fingerprint density at radius 3 is 2.39 bits per heavy atom. The van der Waals surface area contributed by atoms with Crippen molar-refractivity contribution in [1.29, 1.82) is 0 Å². The zero-order valence-electron chi connectivity index (χ0n) is 17.3. The van der Waals surface area contributed by atoms with Gasteiger partial charge in [0, 0.05) is 4.47 Å². The van der Waals surface area contributed by atoms with Crippen LogP contribution in [0.4, 0.5) is 0 Å². The molecule has 0 aliphatic heterocycles. The maximum absolute atomic E-state index is 11.9. The zero-order chi connectivity index (χ0) is 20.8. The average Bonchev–Trinajstić information content (AvgIpc) is 2.58. The second-order valence-electron chi connectivity index (χ2n) is 8.78. The SMILES string of the molecule is CC(C)(C)CC(C)(C)c1ccc(OCC(=O)N/N=C/c2cccc(Br)c2)cc1. The van der Waals surface area contributed by atoms with Gasteiger partial charge in [-0.15, -0.1) is 0 Å². The van der Waals surface area contributed by atoms with E-state index in [1.165, 1.54) is 5.56 Å². The van der Waals surface area contributed by atoms with Gasteiger partial charge in [-0.2, -0.15) is 5.10 Å². The quantitative estimate of drug-likeness (QED) is 0.440. The summed E-state index contributed by atoms with van der Waals surface area (Å²) in [7, 11) is 0. The molecule has 2 rings (SSSR count). The summed E-state index contributed by atoms with van der Waals surface area (Å²) in [6.45, 7) is 11.2. The second-order valence-corrected chi connectivity index (χ2v) is 9.70. The van der Waals surface area contributed by atoms with Crippen LogP contribution in [0, 0.1) is 5.41 Å². The van der Waals surface area contributed by atoms with E-state index in [0.717, 1.165) is 16.5 Å². The fourth-order valence-corrected chi connectivity index (χ4v) is 3.79. The Kier molecular flexibility index (Phi) is 7.41. The summed E-state index contributed by atoms with van der Waals surface area (Å²) < 4.78 is 6.52. The molecule has 0 radical (unpaired) electrons. The molecule has 1 N–H and O–H groups in total. The van der Waals surface area contributed by atoms with Crippen molar-refractivity contribution >= 4 is 28.1 Å². The first-order valence-electron chi connectivity index (χ1n) is 9.36. The lowest BCUT2D eigenvalue weighted by Crippen LogP contribution is -2.25. The first kappa shape index (κ1) is 22.2. The third-order valence-corrected chi connectivity index (χ3v) is 4.72. The third kappa shape index (κ3) is 7.47. The van der Waals surface area contributed by atoms with Crippen molar-refractivity contribution < 1.29 is 9.53 Å². The molecule has 0 spiro atoms. The molecule has 0 atom stereocenters. The number of nitrogens with one attached hydrogen (secondary N) is 1. The molecule has 2 aromatic carbocycles. The van der Waals surface area contributed by atoms with Gasteiger partial charge in [0.15, 0.2) is 6.61 Å². The number of benzene rings is 2. The van der Waals surface area contributed by atoms with Crippen LogP contribution < -0.4 is 10.2 Å². The summed E-state index contributed by atoms with van der Waals surface area (Å²) in [5, 5.41) is 3.95. The molecule has 4 nitrogen and oxygen atoms in total. The van der Waals surface area contributed by atoms with E-state index < -0.39 is 0 Å². The van der Waals surface area contributed by atoms with E-state index >= 15 is 0 Å². The van der Waals surface area contributed by atoms with E-state index in [-0.39, 0.29) is 23.3 Å². The highest BCUT2D eigenvalue weighted by Crippen LogP contribution is 2.36. The predicted molar refractivity (Wildman–Crippen MR) is 119 cm³/mol. The molecule has 1 amide bonds. The molecule has 5 heteroatoms. The van der Waals surface area contributed by atoms with Crippen molar-refractivity contribution in [2.75, 3.05) is 6.61 Å². The van der Waals surface area contributed by atoms with E-state index in [1.807, 2.05) is 36.4 Å². The summed E-state index contributed by atoms with van der Waals surface area (Å²) in [4.78, 5) is 11.9. The number of hydrazone groups is 1. The summed E-state index contributed by atoms with van der Waals surface area (Å²) in [6.07, 6.45) is 2.67. The Morgan fingerprint density at radius 1 is 1.11 bits per heavy atom. The minimum atomic E-state index is -0.302. The van der Waals surface area contributed by atoms with Gasteiger partial charge < -0.3 is 4.74 Å². The number of carbonyl (C=O) groups is 1. The van der Waals surface area contributed by atoms with Gasteiger partial charge in [0.1, 0.15) is 5.75 Å². The number of hydrogen-bond donors (Lipinski definition) is 1. The fourth-order valence-electron chi connectivity index (χ4n) is 3.38. The third-order valence-electron chi connectivity index (χ3n) is 4.23. The smallest absolute Gasteiger partial charge is 0.277 e. The second kappa shape index (κ2) is 9.37. The van der Waals surface area contributed by atoms with E-state index in [1.54, 1.807) is 6.21 Å². The van der Waals surface area contributed by atoms with Crippen molar-refractivity contribution in [2.24, 2.45) is 10.5 Å². The first-order chi connectivity index (χ1) is 13.0. The maximum atomic E-state index is 11.9. The molecule has 0 heterocycles. The van der Waals surface area contributed by atoms with Gasteiger partial charge in [0.05, 0.1) is 6.21 Å². The Balaban J connectivity index is 1.85. The summed E-state index contributed by atoms with van der Waals surface area (Å²) >= 11 is 3.40. The monoisotopic (exact) mass is 444 g/mol. The van der Waals surface area contributed by atoms with Crippen molar-refractivity contribution in [1.82, 2.24) is 5.43 Å². The van der Waals surface area contributed by atoms with Crippen LogP contribution in [0.3, 0.4) is 0 Å². The highest BCUT2D eigenvalue weighted by Gasteiger charge is 2.27. The van der Waals surface area contributed by atoms with Crippen LogP contribution in [0.5, 0.6) is 5.75 Å². The molecule has 0 aliphatic rings. The van der Waals surface area contributed by atoms with E-state index in [0.29, 0.717) is 5.75 Å². The number of nitrogens with zero attached hydrogens (tertiary/aromatic N) is 1. The van der Waals surface area contributed by atoms with Crippen LogP contribution in [0.25, 0.3) is 0 Å². The number of amides is 1. The largest absolute Gasteiger partial charge is 0.484 e. The standard InChI is InChI=1S/C23H29BrN2O2/c1-22(2,3)16-23(4,5)18-9-11-20(12-10-18)28-15-21(27)26-25-14-17-7-6-8-19(24)13-17/h6-14H,15-16H2,1-5H3,(H,26,27)/b25-14+. The van der Waals surface area contributed by atoms with Crippen LogP contribution in [0.1, 0.15) is 52.2 Å². The molecule has 0 bridgehead atoms. The van der Waals surface area contributed by atoms with Crippen LogP contribution in [0.2, 0.25) is 0 Å². The molecular formula is C23H29BrN2O2. The van der Waals surface area contributed by atoms with Gasteiger partial charge in [0.2, 0.25) is 0 Å². The average molecular weight is 445 g/mol. The number of carbonyl (C=O) groups excluding carboxylic acids is 1. The molecule has 0 saturated carbocycles. The molecule has 0 fully saturated rings. The number of ether oxygens (including phenoxy) is 1. The van der Waals surface area contributed by atoms with Gasteiger partial charge in [-0.25, -0.2) is 5.43 Å². The normalized spacial score (nSPS) is 12.2. The van der Waals surface area contributed by atoms with Crippen molar-refractivity contribution in [3.63, 3.8) is 0 Å². The fraction of sp³-hybridized carbons (Fsp3) is 0.391. The first-order valence-corrected chi connectivity index (χ1v) is 10.2. The zero-order valence-corrected chi connectivity index (χ0v) is 18.8. The molecule has 0 unspecified atom stereocenters. The predicted octanol–water partition coefficient (Wildman–Crippen LogP) is 5.69. The van der Waals surface area contributed by atoms with E-state index in [4.69, 9.17) is 4.74 Å². The van der Waals surface area contributed by atoms with Crippen molar-refractivity contribution in [3.05, 3.63) is 64.1 Å². The van der Waals surface area contributed by atoms with Gasteiger partial charge in [0.25, 0.3) is 5.91 Å². The summed E-state index contributed by atoms with van der Waals surface area (Å²) in [5.74, 6) is 0.366. The van der Waals surface area contributed by atoms with Crippen LogP contribution in [-0.4, -0.2) is 18.7 Å². The molecule has 0 aromatic heterocycles. The minimum Gasteiger partial charge on any atom is -0.484 e. The van der Waals surface area contributed by atoms with Gasteiger partial charge >= 0.3 is 0 Å². The molecule has 28 heavy (non-hydrogen) atoms. The number of rotatable bonds is 7. The molecule has 150 valence electrons.